The van der Waals surface area contributed by atoms with Gasteiger partial charge in [0.1, 0.15) is 10.7 Å². The molecule has 0 aliphatic rings. The second kappa shape index (κ2) is 7.29. The van der Waals surface area contributed by atoms with E-state index in [0.717, 1.165) is 16.4 Å². The fourth-order valence-electron chi connectivity index (χ4n) is 1.84. The van der Waals surface area contributed by atoms with E-state index in [9.17, 15) is 17.2 Å². The average Bonchev–Trinajstić information content (AvgIpc) is 2.40. The van der Waals surface area contributed by atoms with Crippen LogP contribution < -0.4 is 5.32 Å². The van der Waals surface area contributed by atoms with Crippen molar-refractivity contribution < 1.29 is 17.2 Å². The Bertz CT molecular complexity index is 589. The second-order valence-corrected chi connectivity index (χ2v) is 7.39. The first kappa shape index (κ1) is 18.0. The molecular formula is C14H22F2N2O2S. The van der Waals surface area contributed by atoms with E-state index in [2.05, 4.69) is 5.32 Å². The first-order chi connectivity index (χ1) is 9.71. The minimum atomic E-state index is -3.96. The molecule has 0 atom stereocenters. The number of benzene rings is 1. The molecule has 0 heterocycles. The summed E-state index contributed by atoms with van der Waals surface area (Å²) in [6.45, 7) is 4.17. The van der Waals surface area contributed by atoms with Crippen molar-refractivity contribution in [2.45, 2.75) is 31.7 Å². The summed E-state index contributed by atoms with van der Waals surface area (Å²) in [4.78, 5) is -0.486. The van der Waals surface area contributed by atoms with E-state index in [-0.39, 0.29) is 18.7 Å². The molecule has 0 radical (unpaired) electrons. The van der Waals surface area contributed by atoms with Crippen LogP contribution in [0.3, 0.4) is 0 Å². The lowest BCUT2D eigenvalue weighted by molar-refractivity contribution is 0.423. The number of rotatable bonds is 7. The van der Waals surface area contributed by atoms with E-state index in [4.69, 9.17) is 0 Å². The Kier molecular flexibility index (Phi) is 6.24. The molecule has 0 saturated heterocycles. The highest BCUT2D eigenvalue weighted by Gasteiger charge is 2.27. The first-order valence-corrected chi connectivity index (χ1v) is 8.23. The van der Waals surface area contributed by atoms with Crippen LogP contribution in [0.2, 0.25) is 0 Å². The lowest BCUT2D eigenvalue weighted by Gasteiger charge is -2.19. The van der Waals surface area contributed by atoms with Gasteiger partial charge < -0.3 is 5.32 Å². The van der Waals surface area contributed by atoms with Gasteiger partial charge in [-0.1, -0.05) is 13.8 Å². The third-order valence-corrected chi connectivity index (χ3v) is 5.09. The molecule has 0 bridgehead atoms. The average molecular weight is 320 g/mol. The molecule has 0 spiro atoms. The van der Waals surface area contributed by atoms with Crippen LogP contribution in [0.5, 0.6) is 0 Å². The number of nitrogens with one attached hydrogen (secondary N) is 1. The molecule has 1 rings (SSSR count). The lowest BCUT2D eigenvalue weighted by atomic mass is 10.1. The summed E-state index contributed by atoms with van der Waals surface area (Å²) in [5.74, 6) is -1.45. The van der Waals surface area contributed by atoms with Gasteiger partial charge in [0.15, 0.2) is 5.82 Å². The minimum absolute atomic E-state index is 0.0727. The molecule has 120 valence electrons. The number of hydrogen-bond acceptors (Lipinski definition) is 3. The molecule has 21 heavy (non-hydrogen) atoms. The van der Waals surface area contributed by atoms with E-state index < -0.39 is 26.6 Å². The number of halogens is 2. The predicted octanol–water partition coefficient (Wildman–Crippen LogP) is 2.35. The van der Waals surface area contributed by atoms with Crippen LogP contribution >= 0.6 is 0 Å². The molecule has 7 heteroatoms. The highest BCUT2D eigenvalue weighted by molar-refractivity contribution is 7.89. The zero-order valence-electron chi connectivity index (χ0n) is 12.8. The maximum Gasteiger partial charge on any atom is 0.245 e. The minimum Gasteiger partial charge on any atom is -0.315 e. The van der Waals surface area contributed by atoms with Crippen LogP contribution in [0.15, 0.2) is 17.0 Å². The predicted molar refractivity (Wildman–Crippen MR) is 78.4 cm³/mol. The summed E-state index contributed by atoms with van der Waals surface area (Å²) < 4.78 is 53.7. The molecular weight excluding hydrogens is 298 g/mol. The van der Waals surface area contributed by atoms with Crippen LogP contribution in [0.1, 0.15) is 25.8 Å². The first-order valence-electron chi connectivity index (χ1n) is 6.79. The number of hydrogen-bond donors (Lipinski definition) is 1. The van der Waals surface area contributed by atoms with Crippen molar-refractivity contribution >= 4 is 10.0 Å². The van der Waals surface area contributed by atoms with Crippen LogP contribution in [-0.2, 0) is 16.6 Å². The van der Waals surface area contributed by atoms with E-state index in [1.54, 1.807) is 0 Å². The molecule has 0 saturated carbocycles. The Morgan fingerprint density at radius 2 is 1.90 bits per heavy atom. The highest BCUT2D eigenvalue weighted by atomic mass is 32.2. The quantitative estimate of drug-likeness (QED) is 0.839. The van der Waals surface area contributed by atoms with Gasteiger partial charge in [-0.25, -0.2) is 21.5 Å². The Balaban J connectivity index is 3.17. The topological polar surface area (TPSA) is 49.4 Å². The monoisotopic (exact) mass is 320 g/mol. The zero-order valence-corrected chi connectivity index (χ0v) is 13.6. The van der Waals surface area contributed by atoms with Crippen LogP contribution in [-0.4, -0.2) is 33.4 Å². The van der Waals surface area contributed by atoms with E-state index in [1.807, 2.05) is 13.8 Å². The maximum absolute atomic E-state index is 14.3. The third-order valence-electron chi connectivity index (χ3n) is 3.21. The van der Waals surface area contributed by atoms with Gasteiger partial charge in [-0.2, -0.15) is 0 Å². The van der Waals surface area contributed by atoms with E-state index >= 15 is 0 Å². The van der Waals surface area contributed by atoms with Gasteiger partial charge in [0.25, 0.3) is 0 Å². The summed E-state index contributed by atoms with van der Waals surface area (Å²) in [6.07, 6.45) is 0.669. The Hall–Kier alpha value is -1.05. The largest absolute Gasteiger partial charge is 0.315 e. The molecule has 1 N–H and O–H groups in total. The molecule has 0 fully saturated rings. The molecule has 1 aromatic rings. The van der Waals surface area contributed by atoms with Crippen LogP contribution in [0.25, 0.3) is 0 Å². The van der Waals surface area contributed by atoms with E-state index in [1.165, 1.54) is 14.1 Å². The smallest absolute Gasteiger partial charge is 0.245 e. The van der Waals surface area contributed by atoms with Gasteiger partial charge in [0.05, 0.1) is 0 Å². The van der Waals surface area contributed by atoms with Crippen molar-refractivity contribution in [1.82, 2.24) is 9.62 Å². The molecule has 0 aliphatic carbocycles. The number of nitrogens with zero attached hydrogens (tertiary/aromatic N) is 1. The van der Waals surface area contributed by atoms with Crippen LogP contribution in [0, 0.1) is 17.6 Å². The van der Waals surface area contributed by atoms with Crippen LogP contribution in [0.4, 0.5) is 8.78 Å². The summed E-state index contributed by atoms with van der Waals surface area (Å²) in [7, 11) is -1.02. The Morgan fingerprint density at radius 1 is 1.29 bits per heavy atom. The molecule has 4 nitrogen and oxygen atoms in total. The summed E-state index contributed by atoms with van der Waals surface area (Å²) in [5, 5.41) is 2.63. The van der Waals surface area contributed by atoms with Gasteiger partial charge in [-0.05, 0) is 31.5 Å². The van der Waals surface area contributed by atoms with Gasteiger partial charge >= 0.3 is 0 Å². The summed E-state index contributed by atoms with van der Waals surface area (Å²) in [6, 6.07) is 1.96. The molecule has 0 unspecified atom stereocenters. The van der Waals surface area contributed by atoms with Crippen molar-refractivity contribution in [2.75, 3.05) is 20.6 Å². The highest BCUT2D eigenvalue weighted by Crippen LogP contribution is 2.23. The number of sulfonamides is 1. The summed E-state index contributed by atoms with van der Waals surface area (Å²) in [5.41, 5.74) is -0.268. The van der Waals surface area contributed by atoms with Crippen molar-refractivity contribution in [3.63, 3.8) is 0 Å². The van der Waals surface area contributed by atoms with Crippen molar-refractivity contribution in [3.8, 4) is 0 Å². The second-order valence-electron chi connectivity index (χ2n) is 5.38. The van der Waals surface area contributed by atoms with Gasteiger partial charge in [-0.3, -0.25) is 0 Å². The zero-order chi connectivity index (χ0) is 16.2. The molecule has 1 aromatic carbocycles. The SMILES string of the molecule is CNCc1c(F)ccc(S(=O)(=O)N(C)CCC(C)C)c1F. The third kappa shape index (κ3) is 4.21. The Labute approximate surface area is 125 Å². The van der Waals surface area contributed by atoms with Gasteiger partial charge in [0.2, 0.25) is 10.0 Å². The molecule has 0 aliphatic heterocycles. The Morgan fingerprint density at radius 3 is 2.43 bits per heavy atom. The van der Waals surface area contributed by atoms with Crippen molar-refractivity contribution in [1.29, 1.82) is 0 Å². The molecule has 0 aromatic heterocycles. The fourth-order valence-corrected chi connectivity index (χ4v) is 3.11. The normalized spacial score (nSPS) is 12.4. The molecule has 0 amide bonds. The fraction of sp³-hybridized carbons (Fsp3) is 0.571. The van der Waals surface area contributed by atoms with E-state index in [0.29, 0.717) is 12.3 Å². The van der Waals surface area contributed by atoms with Gasteiger partial charge in [0, 0.05) is 25.7 Å². The van der Waals surface area contributed by atoms with Gasteiger partial charge in [-0.15, -0.1) is 0 Å². The lowest BCUT2D eigenvalue weighted by Crippen LogP contribution is -2.30. The maximum atomic E-state index is 14.3. The van der Waals surface area contributed by atoms with Crippen molar-refractivity contribution in [3.05, 3.63) is 29.3 Å². The summed E-state index contributed by atoms with van der Waals surface area (Å²) >= 11 is 0. The van der Waals surface area contributed by atoms with Crippen molar-refractivity contribution in [2.24, 2.45) is 5.92 Å². The standard InChI is InChI=1S/C14H22F2N2O2S/c1-10(2)7-8-18(4)21(19,20)13-6-5-12(15)11(9-17-3)14(13)16/h5-6,10,17H,7-9H2,1-4H3.